The van der Waals surface area contributed by atoms with E-state index in [4.69, 9.17) is 0 Å². The van der Waals surface area contributed by atoms with Gasteiger partial charge in [0.05, 0.1) is 5.56 Å². The van der Waals surface area contributed by atoms with Gasteiger partial charge in [0.15, 0.2) is 0 Å². The predicted molar refractivity (Wildman–Crippen MR) is 152 cm³/mol. The van der Waals surface area contributed by atoms with Crippen LogP contribution in [-0.4, -0.2) is 42.7 Å². The molecule has 1 aromatic carbocycles. The topological polar surface area (TPSA) is 32.3 Å². The van der Waals surface area contributed by atoms with Crippen molar-refractivity contribution in [3.63, 3.8) is 0 Å². The third-order valence-corrected chi connectivity index (χ3v) is 7.01. The van der Waals surface area contributed by atoms with E-state index < -0.39 is 0 Å². The van der Waals surface area contributed by atoms with Gasteiger partial charge < -0.3 is 10.2 Å². The summed E-state index contributed by atoms with van der Waals surface area (Å²) >= 11 is 1.75. The van der Waals surface area contributed by atoms with Crippen LogP contribution in [0.15, 0.2) is 64.1 Å². The molecule has 0 radical (unpaired) electrons. The SMILES string of the molecule is CCN(CC)CCCCNC(=O)c1ccccc1SC/C=C(\C)CC/C=C(\C)CCC=C(C)C. The van der Waals surface area contributed by atoms with Crippen LogP contribution in [0.3, 0.4) is 0 Å². The van der Waals surface area contributed by atoms with Crippen LogP contribution in [0.4, 0.5) is 0 Å². The van der Waals surface area contributed by atoms with E-state index in [2.05, 4.69) is 76.1 Å². The van der Waals surface area contributed by atoms with Gasteiger partial charge in [-0.1, -0.05) is 60.9 Å². The first-order chi connectivity index (χ1) is 16.4. The van der Waals surface area contributed by atoms with Gasteiger partial charge in [0, 0.05) is 17.2 Å². The van der Waals surface area contributed by atoms with Crippen LogP contribution in [0.1, 0.15) is 90.4 Å². The van der Waals surface area contributed by atoms with Crippen LogP contribution in [0.25, 0.3) is 0 Å². The molecule has 0 saturated carbocycles. The Balaban J connectivity index is 2.43. The highest BCUT2D eigenvalue weighted by atomic mass is 32.2. The summed E-state index contributed by atoms with van der Waals surface area (Å²) in [6, 6.07) is 7.96. The number of benzene rings is 1. The molecule has 0 aliphatic rings. The first-order valence-corrected chi connectivity index (χ1v) is 14.0. The Morgan fingerprint density at radius 3 is 2.24 bits per heavy atom. The number of allylic oxidation sites excluding steroid dienone is 5. The van der Waals surface area contributed by atoms with Crippen LogP contribution in [0, 0.1) is 0 Å². The third kappa shape index (κ3) is 13.8. The number of carbonyl (C=O) groups excluding carboxylic acids is 1. The Bertz CT molecular complexity index is 802. The van der Waals surface area contributed by atoms with Gasteiger partial charge in [-0.2, -0.15) is 0 Å². The molecule has 0 spiro atoms. The number of rotatable bonds is 17. The Morgan fingerprint density at radius 1 is 0.912 bits per heavy atom. The monoisotopic (exact) mass is 484 g/mol. The summed E-state index contributed by atoms with van der Waals surface area (Å²) < 4.78 is 0. The fourth-order valence-corrected chi connectivity index (χ4v) is 4.73. The van der Waals surface area contributed by atoms with Crippen molar-refractivity contribution < 1.29 is 4.79 Å². The number of nitrogens with zero attached hydrogens (tertiary/aromatic N) is 1. The highest BCUT2D eigenvalue weighted by Crippen LogP contribution is 2.23. The van der Waals surface area contributed by atoms with E-state index in [1.54, 1.807) is 11.8 Å². The second-order valence-electron chi connectivity index (χ2n) is 9.26. The first-order valence-electron chi connectivity index (χ1n) is 13.0. The minimum atomic E-state index is 0.0420. The molecule has 0 aliphatic carbocycles. The molecule has 0 fully saturated rings. The maximum absolute atomic E-state index is 12.7. The Morgan fingerprint density at radius 2 is 1.56 bits per heavy atom. The molecule has 0 aliphatic heterocycles. The zero-order chi connectivity index (χ0) is 25.2. The van der Waals surface area contributed by atoms with E-state index in [1.807, 2.05) is 18.2 Å². The van der Waals surface area contributed by atoms with Crippen LogP contribution in [0.2, 0.25) is 0 Å². The second-order valence-corrected chi connectivity index (χ2v) is 10.3. The van der Waals surface area contributed by atoms with Gasteiger partial charge in [-0.25, -0.2) is 0 Å². The molecule has 1 rings (SSSR count). The lowest BCUT2D eigenvalue weighted by Crippen LogP contribution is -2.27. The maximum atomic E-state index is 12.7. The van der Waals surface area contributed by atoms with Gasteiger partial charge in [-0.05, 0) is 98.0 Å². The molecule has 190 valence electrons. The molecule has 0 saturated heterocycles. The summed E-state index contributed by atoms with van der Waals surface area (Å²) in [4.78, 5) is 16.2. The van der Waals surface area contributed by atoms with E-state index in [1.165, 1.54) is 16.7 Å². The van der Waals surface area contributed by atoms with Gasteiger partial charge in [0.2, 0.25) is 0 Å². The lowest BCUT2D eigenvalue weighted by molar-refractivity contribution is 0.0949. The molecule has 4 heteroatoms. The van der Waals surface area contributed by atoms with Crippen molar-refractivity contribution in [2.75, 3.05) is 31.9 Å². The summed E-state index contributed by atoms with van der Waals surface area (Å²) in [7, 11) is 0. The highest BCUT2D eigenvalue weighted by molar-refractivity contribution is 7.99. The normalized spacial score (nSPS) is 12.2. The van der Waals surface area contributed by atoms with Gasteiger partial charge in [-0.15, -0.1) is 11.8 Å². The minimum absolute atomic E-state index is 0.0420. The molecule has 0 bridgehead atoms. The van der Waals surface area contributed by atoms with Crippen molar-refractivity contribution in [1.29, 1.82) is 0 Å². The average Bonchev–Trinajstić information content (AvgIpc) is 2.81. The Kier molecular flexibility index (Phi) is 16.5. The summed E-state index contributed by atoms with van der Waals surface area (Å²) in [5, 5.41) is 3.11. The number of hydrogen-bond acceptors (Lipinski definition) is 3. The summed E-state index contributed by atoms with van der Waals surface area (Å²) in [5.74, 6) is 0.934. The minimum Gasteiger partial charge on any atom is -0.352 e. The summed E-state index contributed by atoms with van der Waals surface area (Å²) in [6.07, 6.45) is 13.6. The number of thioether (sulfide) groups is 1. The average molecular weight is 485 g/mol. The molecule has 0 aromatic heterocycles. The maximum Gasteiger partial charge on any atom is 0.252 e. The molecule has 1 N–H and O–H groups in total. The number of amides is 1. The van der Waals surface area contributed by atoms with E-state index >= 15 is 0 Å². The Hall–Kier alpha value is -1.78. The molecular weight excluding hydrogens is 436 g/mol. The molecule has 34 heavy (non-hydrogen) atoms. The van der Waals surface area contributed by atoms with Gasteiger partial charge in [-0.3, -0.25) is 4.79 Å². The highest BCUT2D eigenvalue weighted by Gasteiger charge is 2.10. The van der Waals surface area contributed by atoms with Gasteiger partial charge in [0.25, 0.3) is 5.91 Å². The summed E-state index contributed by atoms with van der Waals surface area (Å²) in [6.45, 7) is 17.2. The van der Waals surface area contributed by atoms with Crippen molar-refractivity contribution in [2.45, 2.75) is 85.0 Å². The van der Waals surface area contributed by atoms with E-state index in [0.29, 0.717) is 0 Å². The molecule has 0 unspecified atom stereocenters. The zero-order valence-corrected chi connectivity index (χ0v) is 23.4. The van der Waals surface area contributed by atoms with Crippen LogP contribution in [-0.2, 0) is 0 Å². The van der Waals surface area contributed by atoms with E-state index in [0.717, 1.165) is 80.9 Å². The van der Waals surface area contributed by atoms with E-state index in [-0.39, 0.29) is 5.91 Å². The fraction of sp³-hybridized carbons (Fsp3) is 0.567. The zero-order valence-electron chi connectivity index (χ0n) is 22.6. The smallest absolute Gasteiger partial charge is 0.252 e. The number of hydrogen-bond donors (Lipinski definition) is 1. The second kappa shape index (κ2) is 18.5. The molecular formula is C30H48N2OS. The van der Waals surface area contributed by atoms with Crippen molar-refractivity contribution in [1.82, 2.24) is 10.2 Å². The number of unbranched alkanes of at least 4 members (excludes halogenated alkanes) is 1. The lowest BCUT2D eigenvalue weighted by atomic mass is 10.1. The van der Waals surface area contributed by atoms with E-state index in [9.17, 15) is 4.79 Å². The molecule has 1 amide bonds. The molecule has 0 atom stereocenters. The van der Waals surface area contributed by atoms with Gasteiger partial charge in [0.1, 0.15) is 0 Å². The van der Waals surface area contributed by atoms with Crippen molar-refractivity contribution in [2.24, 2.45) is 0 Å². The van der Waals surface area contributed by atoms with Crippen molar-refractivity contribution in [3.8, 4) is 0 Å². The van der Waals surface area contributed by atoms with Gasteiger partial charge >= 0.3 is 0 Å². The standard InChI is InChI=1S/C30H48N2OS/c1-7-32(8-2)23-12-11-22-31-30(33)28-19-9-10-20-29(28)34-24-21-27(6)18-14-17-26(5)16-13-15-25(3)4/h9-10,15,17,19-21H,7-8,11-14,16,18,22-24H2,1-6H3,(H,31,33)/b26-17+,27-21+. The Labute approximate surface area is 214 Å². The number of nitrogens with one attached hydrogen (secondary N) is 1. The predicted octanol–water partition coefficient (Wildman–Crippen LogP) is 8.05. The summed E-state index contributed by atoms with van der Waals surface area (Å²) in [5.41, 5.74) is 5.08. The van der Waals surface area contributed by atoms with Crippen LogP contribution >= 0.6 is 11.8 Å². The van der Waals surface area contributed by atoms with Crippen LogP contribution < -0.4 is 5.32 Å². The number of carbonyl (C=O) groups is 1. The first kappa shape index (κ1) is 30.3. The van der Waals surface area contributed by atoms with Crippen molar-refractivity contribution >= 4 is 17.7 Å². The molecule has 1 aromatic rings. The lowest BCUT2D eigenvalue weighted by Gasteiger charge is -2.17. The third-order valence-electron chi connectivity index (χ3n) is 6.01. The molecule has 0 heterocycles. The van der Waals surface area contributed by atoms with Crippen molar-refractivity contribution in [3.05, 3.63) is 64.8 Å². The van der Waals surface area contributed by atoms with Crippen LogP contribution in [0.5, 0.6) is 0 Å². The molecule has 3 nitrogen and oxygen atoms in total. The quantitative estimate of drug-likeness (QED) is 0.138. The largest absolute Gasteiger partial charge is 0.352 e. The fourth-order valence-electron chi connectivity index (χ4n) is 3.69.